The van der Waals surface area contributed by atoms with Crippen LogP contribution in [-0.4, -0.2) is 34.6 Å². The molecular weight excluding hydrogens is 482 g/mol. The minimum Gasteiger partial charge on any atom is -0.480 e. The number of aryl methyl sites for hydroxylation is 1. The SMILES string of the molecule is C=C(NC=O)c1cc(Cl)ccc1OC(CC)C(=O)Nn1c(C)cnc(NCCc2ccccc2)c1=O. The lowest BCUT2D eigenvalue weighted by Gasteiger charge is -2.21. The van der Waals surface area contributed by atoms with E-state index in [-0.39, 0.29) is 11.5 Å². The minimum absolute atomic E-state index is 0.127. The maximum absolute atomic E-state index is 13.1. The van der Waals surface area contributed by atoms with E-state index in [1.807, 2.05) is 30.3 Å². The number of carbonyl (C=O) groups is 2. The number of rotatable bonds is 12. The number of nitrogens with zero attached hydrogens (tertiary/aromatic N) is 2. The van der Waals surface area contributed by atoms with E-state index < -0.39 is 17.6 Å². The first kappa shape index (κ1) is 26.5. The second-order valence-electron chi connectivity index (χ2n) is 7.92. The highest BCUT2D eigenvalue weighted by molar-refractivity contribution is 6.30. The van der Waals surface area contributed by atoms with Crippen LogP contribution in [0.25, 0.3) is 5.70 Å². The molecule has 1 aromatic heterocycles. The van der Waals surface area contributed by atoms with E-state index in [2.05, 4.69) is 27.6 Å². The van der Waals surface area contributed by atoms with E-state index in [4.69, 9.17) is 16.3 Å². The third-order valence-electron chi connectivity index (χ3n) is 5.34. The Kier molecular flexibility index (Phi) is 9.24. The summed E-state index contributed by atoms with van der Waals surface area (Å²) in [5.41, 5.74) is 4.42. The Hall–Kier alpha value is -4.11. The second-order valence-corrected chi connectivity index (χ2v) is 8.36. The van der Waals surface area contributed by atoms with Crippen LogP contribution in [0.4, 0.5) is 5.82 Å². The standard InChI is InChI=1S/C26H28ClN5O4/c1-4-22(36-23-11-10-20(27)14-21(23)18(3)30-16-33)25(34)31-32-17(2)15-29-24(26(32)35)28-13-12-19-8-6-5-7-9-19/h5-11,14-16,22H,3-4,12-13H2,1-2H3,(H,28,29)(H,30,33)(H,31,34). The summed E-state index contributed by atoms with van der Waals surface area (Å²) in [4.78, 5) is 41.1. The summed E-state index contributed by atoms with van der Waals surface area (Å²) in [7, 11) is 0. The molecular formula is C26H28ClN5O4. The molecule has 1 atom stereocenters. The summed E-state index contributed by atoms with van der Waals surface area (Å²) in [6.45, 7) is 7.74. The highest BCUT2D eigenvalue weighted by atomic mass is 35.5. The average Bonchev–Trinajstić information content (AvgIpc) is 2.87. The van der Waals surface area contributed by atoms with E-state index in [0.717, 1.165) is 10.2 Å². The van der Waals surface area contributed by atoms with Gasteiger partial charge in [0, 0.05) is 22.8 Å². The van der Waals surface area contributed by atoms with E-state index in [0.29, 0.717) is 47.8 Å². The zero-order valence-electron chi connectivity index (χ0n) is 20.1. The van der Waals surface area contributed by atoms with Crippen LogP contribution in [0.15, 0.2) is 66.1 Å². The van der Waals surface area contributed by atoms with Gasteiger partial charge in [-0.05, 0) is 43.5 Å². The van der Waals surface area contributed by atoms with Crippen molar-refractivity contribution in [2.24, 2.45) is 0 Å². The third-order valence-corrected chi connectivity index (χ3v) is 5.58. The van der Waals surface area contributed by atoms with Gasteiger partial charge >= 0.3 is 5.56 Å². The van der Waals surface area contributed by atoms with Crippen LogP contribution in [0.1, 0.15) is 30.2 Å². The molecule has 0 aliphatic rings. The van der Waals surface area contributed by atoms with Crippen molar-refractivity contribution in [3.63, 3.8) is 0 Å². The van der Waals surface area contributed by atoms with Crippen molar-refractivity contribution >= 4 is 35.4 Å². The topological polar surface area (TPSA) is 114 Å². The molecule has 0 aliphatic carbocycles. The highest BCUT2D eigenvalue weighted by Crippen LogP contribution is 2.28. The van der Waals surface area contributed by atoms with Crippen LogP contribution in [-0.2, 0) is 16.0 Å². The number of hydrogen-bond donors (Lipinski definition) is 3. The van der Waals surface area contributed by atoms with Gasteiger partial charge in [-0.25, -0.2) is 9.66 Å². The van der Waals surface area contributed by atoms with Crippen LogP contribution >= 0.6 is 11.6 Å². The van der Waals surface area contributed by atoms with Gasteiger partial charge in [0.15, 0.2) is 11.9 Å². The Morgan fingerprint density at radius 2 is 2.00 bits per heavy atom. The van der Waals surface area contributed by atoms with Crippen LogP contribution < -0.4 is 26.4 Å². The molecule has 0 saturated heterocycles. The number of amides is 2. The molecule has 0 radical (unpaired) electrons. The molecule has 188 valence electrons. The predicted molar refractivity (Wildman–Crippen MR) is 141 cm³/mol. The summed E-state index contributed by atoms with van der Waals surface area (Å²) in [5.74, 6) is -0.0937. The van der Waals surface area contributed by atoms with Crippen LogP contribution in [0, 0.1) is 6.92 Å². The third kappa shape index (κ3) is 6.73. The Balaban J connectivity index is 1.74. The second kappa shape index (κ2) is 12.6. The molecule has 10 heteroatoms. The number of ether oxygens (including phenoxy) is 1. The molecule has 0 bridgehead atoms. The molecule has 2 amide bonds. The molecule has 1 heterocycles. The van der Waals surface area contributed by atoms with Gasteiger partial charge in [-0.15, -0.1) is 0 Å². The fraction of sp³-hybridized carbons (Fsp3) is 0.231. The maximum Gasteiger partial charge on any atom is 0.312 e. The molecule has 0 fully saturated rings. The van der Waals surface area contributed by atoms with Gasteiger partial charge in [0.1, 0.15) is 5.75 Å². The van der Waals surface area contributed by atoms with Gasteiger partial charge in [0.25, 0.3) is 5.91 Å². The molecule has 0 spiro atoms. The Labute approximate surface area is 214 Å². The van der Waals surface area contributed by atoms with Crippen molar-refractivity contribution in [1.29, 1.82) is 0 Å². The van der Waals surface area contributed by atoms with Gasteiger partial charge in [-0.2, -0.15) is 0 Å². The lowest BCUT2D eigenvalue weighted by Crippen LogP contribution is -2.42. The van der Waals surface area contributed by atoms with Crippen molar-refractivity contribution in [1.82, 2.24) is 15.0 Å². The largest absolute Gasteiger partial charge is 0.480 e. The Morgan fingerprint density at radius 1 is 1.25 bits per heavy atom. The van der Waals surface area contributed by atoms with Crippen molar-refractivity contribution in [2.75, 3.05) is 17.3 Å². The number of halogens is 1. The van der Waals surface area contributed by atoms with Crippen LogP contribution in [0.2, 0.25) is 5.02 Å². The van der Waals surface area contributed by atoms with Crippen molar-refractivity contribution in [2.45, 2.75) is 32.8 Å². The van der Waals surface area contributed by atoms with Crippen molar-refractivity contribution < 1.29 is 14.3 Å². The monoisotopic (exact) mass is 509 g/mol. The summed E-state index contributed by atoms with van der Waals surface area (Å²) in [6.07, 6.45) is 2.06. The van der Waals surface area contributed by atoms with Gasteiger partial charge in [-0.3, -0.25) is 19.8 Å². The molecule has 0 saturated carbocycles. The average molecular weight is 510 g/mol. The number of benzene rings is 2. The van der Waals surface area contributed by atoms with Crippen molar-refractivity contribution in [3.8, 4) is 5.75 Å². The lowest BCUT2D eigenvalue weighted by molar-refractivity contribution is -0.123. The normalized spacial score (nSPS) is 11.3. The zero-order chi connectivity index (χ0) is 26.1. The van der Waals surface area contributed by atoms with Gasteiger partial charge < -0.3 is 15.4 Å². The lowest BCUT2D eigenvalue weighted by atomic mass is 10.1. The van der Waals surface area contributed by atoms with Gasteiger partial charge in [0.2, 0.25) is 6.41 Å². The number of hydrogen-bond acceptors (Lipinski definition) is 6. The summed E-state index contributed by atoms with van der Waals surface area (Å²) < 4.78 is 7.08. The fourth-order valence-electron chi connectivity index (χ4n) is 3.41. The number of aromatic nitrogens is 2. The first-order valence-corrected chi connectivity index (χ1v) is 11.7. The molecule has 1 unspecified atom stereocenters. The number of anilines is 1. The fourth-order valence-corrected chi connectivity index (χ4v) is 3.59. The van der Waals surface area contributed by atoms with Gasteiger partial charge in [-0.1, -0.05) is 55.4 Å². The Morgan fingerprint density at radius 3 is 2.69 bits per heavy atom. The smallest absolute Gasteiger partial charge is 0.312 e. The molecule has 0 aliphatic heterocycles. The van der Waals surface area contributed by atoms with E-state index in [9.17, 15) is 14.4 Å². The maximum atomic E-state index is 13.1. The molecule has 3 N–H and O–H groups in total. The highest BCUT2D eigenvalue weighted by Gasteiger charge is 2.22. The number of nitrogens with one attached hydrogen (secondary N) is 3. The first-order valence-electron chi connectivity index (χ1n) is 11.4. The summed E-state index contributed by atoms with van der Waals surface area (Å²) >= 11 is 6.08. The minimum atomic E-state index is -0.942. The zero-order valence-corrected chi connectivity index (χ0v) is 20.8. The van der Waals surface area contributed by atoms with Crippen LogP contribution in [0.3, 0.4) is 0 Å². The van der Waals surface area contributed by atoms with Gasteiger partial charge in [0.05, 0.1) is 11.9 Å². The van der Waals surface area contributed by atoms with E-state index >= 15 is 0 Å². The Bertz CT molecular complexity index is 1290. The first-order chi connectivity index (χ1) is 17.3. The van der Waals surface area contributed by atoms with Crippen LogP contribution in [0.5, 0.6) is 5.75 Å². The predicted octanol–water partition coefficient (Wildman–Crippen LogP) is 3.50. The molecule has 9 nitrogen and oxygen atoms in total. The molecule has 2 aromatic carbocycles. The molecule has 3 aromatic rings. The van der Waals surface area contributed by atoms with E-state index in [1.165, 1.54) is 6.20 Å². The molecule has 36 heavy (non-hydrogen) atoms. The quantitative estimate of drug-likeness (QED) is 0.322. The van der Waals surface area contributed by atoms with Crippen molar-refractivity contribution in [3.05, 3.63) is 93.5 Å². The van der Waals surface area contributed by atoms with E-state index in [1.54, 1.807) is 32.0 Å². The summed E-state index contributed by atoms with van der Waals surface area (Å²) in [5, 5.41) is 5.91. The number of carbonyl (C=O) groups excluding carboxylic acids is 2. The summed E-state index contributed by atoms with van der Waals surface area (Å²) in [6, 6.07) is 14.6. The molecule has 3 rings (SSSR count).